The third-order valence-corrected chi connectivity index (χ3v) is 2.12. The molecule has 0 fully saturated rings. The summed E-state index contributed by atoms with van der Waals surface area (Å²) in [5.41, 5.74) is 0. The minimum Gasteiger partial charge on any atom is -0.250 e. The summed E-state index contributed by atoms with van der Waals surface area (Å²) in [7, 11) is 0. The quantitative estimate of drug-likeness (QED) is 0.676. The predicted molar refractivity (Wildman–Crippen MR) is 37.4 cm³/mol. The van der Waals surface area contributed by atoms with E-state index in [0.29, 0.717) is 0 Å². The highest BCUT2D eigenvalue weighted by Gasteiger charge is 2.15. The number of hydrogen-bond acceptors (Lipinski definition) is 0. The monoisotopic (exact) mass is 250 g/mol. The Morgan fingerprint density at radius 2 is 2.00 bits per heavy atom. The molecule has 0 aromatic carbocycles. The van der Waals surface area contributed by atoms with Gasteiger partial charge in [0.1, 0.15) is 12.8 Å². The Balaban J connectivity index is 3.29. The van der Waals surface area contributed by atoms with E-state index in [9.17, 15) is 8.78 Å². The van der Waals surface area contributed by atoms with E-state index in [0.717, 1.165) is 0 Å². The lowest BCUT2D eigenvalue weighted by molar-refractivity contribution is 0.324. The zero-order valence-corrected chi connectivity index (χ0v) is 7.25. The molecule has 2 atom stereocenters. The van der Waals surface area contributed by atoms with Gasteiger partial charge in [0.05, 0.1) is 4.83 Å². The summed E-state index contributed by atoms with van der Waals surface area (Å²) in [6.45, 7) is -0.660. The van der Waals surface area contributed by atoms with Crippen LogP contribution in [0.3, 0.4) is 0 Å². The summed E-state index contributed by atoms with van der Waals surface area (Å²) in [5, 5.41) is 0.187. The first-order chi connectivity index (χ1) is 3.72. The highest BCUT2D eigenvalue weighted by molar-refractivity contribution is 9.10. The summed E-state index contributed by atoms with van der Waals surface area (Å²) >= 11 is 5.71. The molecule has 0 aliphatic heterocycles. The molecule has 0 aliphatic rings. The summed E-state index contributed by atoms with van der Waals surface area (Å²) in [5.74, 6) is 0. The largest absolute Gasteiger partial charge is 0.250 e. The molecule has 4 heteroatoms. The second-order valence-electron chi connectivity index (χ2n) is 1.34. The van der Waals surface area contributed by atoms with Crippen LogP contribution in [0, 0.1) is 0 Å². The van der Waals surface area contributed by atoms with Crippen LogP contribution in [0.2, 0.25) is 0 Å². The normalized spacial score (nSPS) is 18.0. The minimum absolute atomic E-state index is 0.187. The highest BCUT2D eigenvalue weighted by Crippen LogP contribution is 2.11. The van der Waals surface area contributed by atoms with Crippen LogP contribution in [-0.4, -0.2) is 23.0 Å². The molecule has 0 amide bonds. The van der Waals surface area contributed by atoms with Crippen LogP contribution in [0.1, 0.15) is 0 Å². The van der Waals surface area contributed by atoms with Gasteiger partial charge in [0.15, 0.2) is 0 Å². The molecule has 0 heterocycles. The SMILES string of the molecule is FCC(Br)C(F)CBr. The van der Waals surface area contributed by atoms with Crippen molar-refractivity contribution in [2.75, 3.05) is 12.0 Å². The van der Waals surface area contributed by atoms with Crippen molar-refractivity contribution in [3.05, 3.63) is 0 Å². The molecule has 0 saturated heterocycles. The van der Waals surface area contributed by atoms with Crippen LogP contribution in [0.15, 0.2) is 0 Å². The topological polar surface area (TPSA) is 0 Å². The molecule has 0 spiro atoms. The highest BCUT2D eigenvalue weighted by atomic mass is 79.9. The first kappa shape index (κ1) is 8.82. The van der Waals surface area contributed by atoms with E-state index in [1.54, 1.807) is 0 Å². The Labute approximate surface area is 63.9 Å². The third-order valence-electron chi connectivity index (χ3n) is 0.687. The lowest BCUT2D eigenvalue weighted by atomic mass is 10.3. The fourth-order valence-electron chi connectivity index (χ4n) is 0.193. The van der Waals surface area contributed by atoms with E-state index in [1.807, 2.05) is 0 Å². The smallest absolute Gasteiger partial charge is 0.125 e. The van der Waals surface area contributed by atoms with Gasteiger partial charge in [-0.05, 0) is 0 Å². The first-order valence-corrected chi connectivity index (χ1v) is 4.16. The van der Waals surface area contributed by atoms with Crippen molar-refractivity contribution in [1.82, 2.24) is 0 Å². The molecule has 50 valence electrons. The Morgan fingerprint density at radius 1 is 1.50 bits per heavy atom. The molecule has 2 unspecified atom stereocenters. The lowest BCUT2D eigenvalue weighted by Crippen LogP contribution is -2.18. The molecule has 0 aromatic rings. The minimum atomic E-state index is -1.13. The number of halogens is 4. The van der Waals surface area contributed by atoms with Crippen molar-refractivity contribution in [2.24, 2.45) is 0 Å². The summed E-state index contributed by atoms with van der Waals surface area (Å²) in [6.07, 6.45) is -1.13. The summed E-state index contributed by atoms with van der Waals surface area (Å²) < 4.78 is 23.7. The lowest BCUT2D eigenvalue weighted by Gasteiger charge is -2.06. The van der Waals surface area contributed by atoms with E-state index in [2.05, 4.69) is 31.9 Å². The zero-order chi connectivity index (χ0) is 6.57. The number of hydrogen-bond donors (Lipinski definition) is 0. The van der Waals surface area contributed by atoms with Crippen molar-refractivity contribution in [3.8, 4) is 0 Å². The van der Waals surface area contributed by atoms with Gasteiger partial charge in [-0.15, -0.1) is 0 Å². The summed E-state index contributed by atoms with van der Waals surface area (Å²) in [4.78, 5) is -0.651. The van der Waals surface area contributed by atoms with E-state index < -0.39 is 17.7 Å². The molecule has 0 N–H and O–H groups in total. The van der Waals surface area contributed by atoms with Crippen molar-refractivity contribution in [1.29, 1.82) is 0 Å². The third kappa shape index (κ3) is 2.97. The van der Waals surface area contributed by atoms with Gasteiger partial charge in [-0.25, -0.2) is 8.78 Å². The van der Waals surface area contributed by atoms with Gasteiger partial charge in [0, 0.05) is 5.33 Å². The Bertz CT molecular complexity index is 52.0. The fourth-order valence-corrected chi connectivity index (χ4v) is 1.33. The van der Waals surface area contributed by atoms with Crippen LogP contribution >= 0.6 is 31.9 Å². The maximum Gasteiger partial charge on any atom is 0.125 e. The Kier molecular flexibility index (Phi) is 5.15. The van der Waals surface area contributed by atoms with Crippen molar-refractivity contribution < 1.29 is 8.78 Å². The first-order valence-electron chi connectivity index (χ1n) is 2.12. The zero-order valence-electron chi connectivity index (χ0n) is 4.08. The van der Waals surface area contributed by atoms with Crippen molar-refractivity contribution in [2.45, 2.75) is 11.0 Å². The Hall–Kier alpha value is 0.820. The van der Waals surface area contributed by atoms with Crippen LogP contribution in [0.25, 0.3) is 0 Å². The molecular weight excluding hydrogens is 246 g/mol. The van der Waals surface area contributed by atoms with E-state index >= 15 is 0 Å². The second kappa shape index (κ2) is 4.68. The van der Waals surface area contributed by atoms with Gasteiger partial charge in [0.25, 0.3) is 0 Å². The van der Waals surface area contributed by atoms with E-state index in [1.165, 1.54) is 0 Å². The number of alkyl halides is 4. The van der Waals surface area contributed by atoms with E-state index in [4.69, 9.17) is 0 Å². The predicted octanol–water partition coefficient (Wildman–Crippen LogP) is 2.45. The summed E-state index contributed by atoms with van der Waals surface area (Å²) in [6, 6.07) is 0. The van der Waals surface area contributed by atoms with E-state index in [-0.39, 0.29) is 5.33 Å². The van der Waals surface area contributed by atoms with Crippen molar-refractivity contribution in [3.63, 3.8) is 0 Å². The molecule has 0 bridgehead atoms. The van der Waals surface area contributed by atoms with Gasteiger partial charge < -0.3 is 0 Å². The van der Waals surface area contributed by atoms with Gasteiger partial charge in [0.2, 0.25) is 0 Å². The Morgan fingerprint density at radius 3 is 2.12 bits per heavy atom. The van der Waals surface area contributed by atoms with Crippen molar-refractivity contribution >= 4 is 31.9 Å². The average Bonchev–Trinajstić information content (AvgIpc) is 1.84. The van der Waals surface area contributed by atoms with Gasteiger partial charge in [-0.1, -0.05) is 31.9 Å². The molecule has 0 aliphatic carbocycles. The second-order valence-corrected chi connectivity index (χ2v) is 3.16. The maximum absolute atomic E-state index is 12.2. The fraction of sp³-hybridized carbons (Fsp3) is 1.00. The maximum atomic E-state index is 12.2. The van der Waals surface area contributed by atoms with Gasteiger partial charge in [-0.2, -0.15) is 0 Å². The van der Waals surface area contributed by atoms with Crippen LogP contribution < -0.4 is 0 Å². The van der Waals surface area contributed by atoms with Gasteiger partial charge in [-0.3, -0.25) is 0 Å². The number of rotatable bonds is 3. The van der Waals surface area contributed by atoms with Crippen LogP contribution in [-0.2, 0) is 0 Å². The molecule has 0 aromatic heterocycles. The molecule has 0 radical (unpaired) electrons. The standard InChI is InChI=1S/C4H6Br2F2/c5-1-4(8)3(6)2-7/h3-4H,1-2H2. The molecular formula is C4H6Br2F2. The van der Waals surface area contributed by atoms with Crippen LogP contribution in [0.5, 0.6) is 0 Å². The average molecular weight is 252 g/mol. The van der Waals surface area contributed by atoms with Crippen LogP contribution in [0.4, 0.5) is 8.78 Å². The molecule has 0 nitrogen and oxygen atoms in total. The van der Waals surface area contributed by atoms with Gasteiger partial charge >= 0.3 is 0 Å². The molecule has 0 rings (SSSR count). The molecule has 0 saturated carbocycles. The molecule has 8 heavy (non-hydrogen) atoms.